The SMILES string of the molecule is CC.Cc1ccc2c(nc(-c3ccc(N4[C@@H](C)CC[C@@H]4C)nc3)n2Cc2ccn(C)n2)c1F. The lowest BCUT2D eigenvalue weighted by molar-refractivity contribution is 0.628. The molecule has 2 atom stereocenters. The van der Waals surface area contributed by atoms with E-state index in [1.165, 1.54) is 12.8 Å². The molecule has 174 valence electrons. The summed E-state index contributed by atoms with van der Waals surface area (Å²) in [4.78, 5) is 11.8. The Morgan fingerprint density at radius 3 is 2.36 bits per heavy atom. The second-order valence-corrected chi connectivity index (χ2v) is 8.65. The lowest BCUT2D eigenvalue weighted by atomic mass is 10.2. The molecule has 0 bridgehead atoms. The van der Waals surface area contributed by atoms with E-state index in [4.69, 9.17) is 9.97 Å². The van der Waals surface area contributed by atoms with Crippen molar-refractivity contribution in [1.82, 2.24) is 24.3 Å². The molecular formula is C26H33FN6. The van der Waals surface area contributed by atoms with Gasteiger partial charge in [0, 0.05) is 37.1 Å². The van der Waals surface area contributed by atoms with Gasteiger partial charge in [-0.2, -0.15) is 5.10 Å². The number of anilines is 1. The Bertz CT molecular complexity index is 1230. The monoisotopic (exact) mass is 448 g/mol. The van der Waals surface area contributed by atoms with Gasteiger partial charge in [-0.3, -0.25) is 4.68 Å². The van der Waals surface area contributed by atoms with Crippen molar-refractivity contribution in [2.75, 3.05) is 4.90 Å². The van der Waals surface area contributed by atoms with Crippen molar-refractivity contribution in [2.24, 2.45) is 7.05 Å². The summed E-state index contributed by atoms with van der Waals surface area (Å²) in [5, 5.41) is 4.50. The Labute approximate surface area is 195 Å². The highest BCUT2D eigenvalue weighted by atomic mass is 19.1. The van der Waals surface area contributed by atoms with Gasteiger partial charge < -0.3 is 9.47 Å². The van der Waals surface area contributed by atoms with Gasteiger partial charge in [0.05, 0.1) is 17.8 Å². The third-order valence-electron chi connectivity index (χ3n) is 6.36. The minimum absolute atomic E-state index is 0.275. The predicted octanol–water partition coefficient (Wildman–Crippen LogP) is 5.73. The molecule has 0 amide bonds. The summed E-state index contributed by atoms with van der Waals surface area (Å²) < 4.78 is 18.7. The summed E-state index contributed by atoms with van der Waals surface area (Å²) in [6.07, 6.45) is 6.13. The van der Waals surface area contributed by atoms with E-state index in [2.05, 4.69) is 29.9 Å². The van der Waals surface area contributed by atoms with Gasteiger partial charge in [-0.05, 0) is 63.4 Å². The topological polar surface area (TPSA) is 51.8 Å². The van der Waals surface area contributed by atoms with Crippen LogP contribution in [0.4, 0.5) is 10.2 Å². The highest BCUT2D eigenvalue weighted by Crippen LogP contribution is 2.32. The smallest absolute Gasteiger partial charge is 0.153 e. The molecule has 0 aliphatic carbocycles. The van der Waals surface area contributed by atoms with Gasteiger partial charge in [0.1, 0.15) is 17.2 Å². The summed E-state index contributed by atoms with van der Waals surface area (Å²) in [6.45, 7) is 10.8. The third kappa shape index (κ3) is 4.24. The summed E-state index contributed by atoms with van der Waals surface area (Å²) in [5.74, 6) is 1.41. The first-order valence-corrected chi connectivity index (χ1v) is 11.8. The van der Waals surface area contributed by atoms with Gasteiger partial charge in [-0.15, -0.1) is 0 Å². The molecule has 0 radical (unpaired) electrons. The summed E-state index contributed by atoms with van der Waals surface area (Å²) in [6, 6.07) is 10.8. The van der Waals surface area contributed by atoms with Crippen LogP contribution in [0.15, 0.2) is 42.7 Å². The number of fused-ring (bicyclic) bond motifs is 1. The van der Waals surface area contributed by atoms with E-state index < -0.39 is 0 Å². The maximum atomic E-state index is 14.9. The lowest BCUT2D eigenvalue weighted by Crippen LogP contribution is -2.33. The number of halogens is 1. The Hall–Kier alpha value is -3.22. The number of rotatable bonds is 4. The molecule has 0 saturated carbocycles. The predicted molar refractivity (Wildman–Crippen MR) is 132 cm³/mol. The van der Waals surface area contributed by atoms with E-state index in [-0.39, 0.29) is 5.82 Å². The number of aryl methyl sites for hydroxylation is 2. The molecule has 1 aliphatic heterocycles. The Kier molecular flexibility index (Phi) is 6.49. The fourth-order valence-electron chi connectivity index (χ4n) is 4.67. The highest BCUT2D eigenvalue weighted by molar-refractivity contribution is 5.82. The first kappa shape index (κ1) is 23.0. The van der Waals surface area contributed by atoms with E-state index >= 15 is 0 Å². The molecule has 3 aromatic heterocycles. The minimum Gasteiger partial charge on any atom is -0.351 e. The van der Waals surface area contributed by atoms with Crippen molar-refractivity contribution in [3.05, 3.63) is 59.8 Å². The molecule has 0 spiro atoms. The van der Waals surface area contributed by atoms with E-state index in [1.807, 2.05) is 56.1 Å². The number of nitrogens with zero attached hydrogens (tertiary/aromatic N) is 6. The van der Waals surface area contributed by atoms with Crippen LogP contribution in [0.2, 0.25) is 0 Å². The highest BCUT2D eigenvalue weighted by Gasteiger charge is 2.28. The number of hydrogen-bond acceptors (Lipinski definition) is 4. The van der Waals surface area contributed by atoms with Crippen LogP contribution in [-0.4, -0.2) is 36.4 Å². The van der Waals surface area contributed by atoms with Crippen molar-refractivity contribution in [2.45, 2.75) is 66.1 Å². The largest absolute Gasteiger partial charge is 0.351 e. The van der Waals surface area contributed by atoms with Gasteiger partial charge in [0.25, 0.3) is 0 Å². The molecule has 1 aromatic carbocycles. The molecule has 7 heteroatoms. The van der Waals surface area contributed by atoms with Crippen LogP contribution < -0.4 is 4.90 Å². The van der Waals surface area contributed by atoms with Gasteiger partial charge in [0.15, 0.2) is 5.82 Å². The van der Waals surface area contributed by atoms with E-state index in [1.54, 1.807) is 17.7 Å². The van der Waals surface area contributed by atoms with Crippen molar-refractivity contribution < 1.29 is 4.39 Å². The lowest BCUT2D eigenvalue weighted by Gasteiger charge is -2.27. The normalized spacial score (nSPS) is 18.0. The van der Waals surface area contributed by atoms with Gasteiger partial charge in [0.2, 0.25) is 0 Å². The summed E-state index contributed by atoms with van der Waals surface area (Å²) in [7, 11) is 1.89. The van der Waals surface area contributed by atoms with Gasteiger partial charge in [-0.1, -0.05) is 19.9 Å². The second-order valence-electron chi connectivity index (χ2n) is 8.65. The van der Waals surface area contributed by atoms with Crippen molar-refractivity contribution in [3.8, 4) is 11.4 Å². The van der Waals surface area contributed by atoms with Gasteiger partial charge >= 0.3 is 0 Å². The Morgan fingerprint density at radius 2 is 1.76 bits per heavy atom. The van der Waals surface area contributed by atoms with Gasteiger partial charge in [-0.25, -0.2) is 14.4 Å². The number of imidazole rings is 1. The Morgan fingerprint density at radius 1 is 1.03 bits per heavy atom. The van der Waals surface area contributed by atoms with Crippen LogP contribution in [0, 0.1) is 12.7 Å². The number of aromatic nitrogens is 5. The number of benzene rings is 1. The molecule has 1 aliphatic rings. The first-order chi connectivity index (χ1) is 15.9. The molecule has 4 heterocycles. The molecule has 1 fully saturated rings. The van der Waals surface area contributed by atoms with Crippen LogP contribution in [-0.2, 0) is 13.6 Å². The molecule has 5 rings (SSSR count). The molecular weight excluding hydrogens is 415 g/mol. The zero-order chi connectivity index (χ0) is 23.7. The maximum Gasteiger partial charge on any atom is 0.153 e. The van der Waals surface area contributed by atoms with E-state index in [0.29, 0.717) is 35.5 Å². The van der Waals surface area contributed by atoms with E-state index in [0.717, 1.165) is 22.6 Å². The quantitative estimate of drug-likeness (QED) is 0.400. The average Bonchev–Trinajstić information content (AvgIpc) is 3.50. The summed E-state index contributed by atoms with van der Waals surface area (Å²) in [5.41, 5.74) is 3.50. The first-order valence-electron chi connectivity index (χ1n) is 11.8. The van der Waals surface area contributed by atoms with Crippen LogP contribution >= 0.6 is 0 Å². The zero-order valence-corrected chi connectivity index (χ0v) is 20.4. The zero-order valence-electron chi connectivity index (χ0n) is 20.4. The fraction of sp³-hybridized carbons (Fsp3) is 0.423. The number of hydrogen-bond donors (Lipinski definition) is 0. The van der Waals surface area contributed by atoms with Crippen molar-refractivity contribution in [1.29, 1.82) is 0 Å². The third-order valence-corrected chi connectivity index (χ3v) is 6.36. The van der Waals surface area contributed by atoms with Crippen LogP contribution in [0.3, 0.4) is 0 Å². The minimum atomic E-state index is -0.275. The number of pyridine rings is 1. The second kappa shape index (κ2) is 9.33. The van der Waals surface area contributed by atoms with Crippen LogP contribution in [0.5, 0.6) is 0 Å². The molecule has 0 N–H and O–H groups in total. The molecule has 0 unspecified atom stereocenters. The van der Waals surface area contributed by atoms with Crippen LogP contribution in [0.25, 0.3) is 22.4 Å². The standard InChI is InChI=1S/C24H27FN6.C2H6/c1-15-5-9-20-23(22(15)25)27-24(30(20)14-19-11-12-29(4)28-19)18-8-10-21(26-13-18)31-16(2)6-7-17(31)3;1-2/h5,8-13,16-17H,6-7,14H2,1-4H3;1-2H3/t16-,17-;/m0./s1. The van der Waals surface area contributed by atoms with Crippen LogP contribution in [0.1, 0.15) is 51.8 Å². The molecule has 6 nitrogen and oxygen atoms in total. The maximum absolute atomic E-state index is 14.9. The molecule has 4 aromatic rings. The molecule has 33 heavy (non-hydrogen) atoms. The van der Waals surface area contributed by atoms with Crippen molar-refractivity contribution >= 4 is 16.9 Å². The fourth-order valence-corrected chi connectivity index (χ4v) is 4.67. The Balaban J connectivity index is 0.00000126. The van der Waals surface area contributed by atoms with E-state index in [9.17, 15) is 4.39 Å². The molecule has 1 saturated heterocycles. The average molecular weight is 449 g/mol. The summed E-state index contributed by atoms with van der Waals surface area (Å²) >= 11 is 0. The van der Waals surface area contributed by atoms with Crippen molar-refractivity contribution in [3.63, 3.8) is 0 Å².